The first-order chi connectivity index (χ1) is 25.7. The highest BCUT2D eigenvalue weighted by Gasteiger charge is 2.29. The fourth-order valence-electron chi connectivity index (χ4n) is 8.00. The van der Waals surface area contributed by atoms with E-state index < -0.39 is 0 Å². The molecule has 12 rings (SSSR count). The van der Waals surface area contributed by atoms with Gasteiger partial charge in [-0.25, -0.2) is 0 Å². The zero-order valence-electron chi connectivity index (χ0n) is 27.5. The van der Waals surface area contributed by atoms with E-state index in [9.17, 15) is 0 Å². The monoisotopic (exact) mass is 702 g/mol. The molecule has 0 radical (unpaired) electrons. The molecule has 0 aliphatic carbocycles. The summed E-state index contributed by atoms with van der Waals surface area (Å²) in [7, 11) is 0. The van der Waals surface area contributed by atoms with Crippen molar-refractivity contribution in [3.05, 3.63) is 158 Å². The van der Waals surface area contributed by atoms with Gasteiger partial charge in [-0.3, -0.25) is 0 Å². The van der Waals surface area contributed by atoms with E-state index in [1.165, 1.54) is 40.3 Å². The molecule has 4 nitrogen and oxygen atoms in total. The van der Waals surface area contributed by atoms with Crippen LogP contribution in [-0.2, 0) is 0 Å². The molecule has 0 spiro atoms. The molecule has 6 heteroatoms. The summed E-state index contributed by atoms with van der Waals surface area (Å²) in [4.78, 5) is 4.69. The predicted molar refractivity (Wildman–Crippen MR) is 219 cm³/mol. The molecule has 52 heavy (non-hydrogen) atoms. The van der Waals surface area contributed by atoms with Crippen molar-refractivity contribution >= 4 is 108 Å². The van der Waals surface area contributed by atoms with Crippen molar-refractivity contribution in [2.45, 2.75) is 0 Å². The van der Waals surface area contributed by atoms with Gasteiger partial charge in [0, 0.05) is 51.7 Å². The van der Waals surface area contributed by atoms with Crippen LogP contribution >= 0.6 is 22.7 Å². The van der Waals surface area contributed by atoms with Crippen molar-refractivity contribution in [3.63, 3.8) is 0 Å². The highest BCUT2D eigenvalue weighted by molar-refractivity contribution is 7.26. The summed E-state index contributed by atoms with van der Waals surface area (Å²) in [6.45, 7) is 0. The number of benzene rings is 8. The largest absolute Gasteiger partial charge is 0.453 e. The van der Waals surface area contributed by atoms with Crippen LogP contribution in [0.4, 0.5) is 34.1 Å². The second-order valence-corrected chi connectivity index (χ2v) is 15.5. The summed E-state index contributed by atoms with van der Waals surface area (Å²) in [5, 5.41) is 7.31. The lowest BCUT2D eigenvalue weighted by molar-refractivity contribution is 0.477. The predicted octanol–water partition coefficient (Wildman–Crippen LogP) is 14.7. The van der Waals surface area contributed by atoms with Gasteiger partial charge in [-0.1, -0.05) is 72.8 Å². The van der Waals surface area contributed by atoms with Gasteiger partial charge in [0.25, 0.3) is 0 Å². The highest BCUT2D eigenvalue weighted by Crippen LogP contribution is 2.55. The quantitative estimate of drug-likeness (QED) is 0.179. The summed E-state index contributed by atoms with van der Waals surface area (Å²) in [5.74, 6) is 3.42. The maximum Gasteiger partial charge on any atom is 0.152 e. The van der Waals surface area contributed by atoms with E-state index in [0.29, 0.717) is 0 Å². The summed E-state index contributed by atoms with van der Waals surface area (Å²) >= 11 is 3.65. The van der Waals surface area contributed by atoms with Gasteiger partial charge >= 0.3 is 0 Å². The van der Waals surface area contributed by atoms with Crippen molar-refractivity contribution in [2.24, 2.45) is 0 Å². The Morgan fingerprint density at radius 3 is 1.27 bits per heavy atom. The van der Waals surface area contributed by atoms with Crippen molar-refractivity contribution in [2.75, 3.05) is 9.80 Å². The number of anilines is 6. The van der Waals surface area contributed by atoms with Crippen LogP contribution in [0.3, 0.4) is 0 Å². The topological polar surface area (TPSA) is 24.9 Å². The molecule has 2 aliphatic heterocycles. The third-order valence-corrected chi connectivity index (χ3v) is 12.6. The van der Waals surface area contributed by atoms with Gasteiger partial charge in [0.1, 0.15) is 0 Å². The third-order valence-electron chi connectivity index (χ3n) is 10.4. The molecule has 0 unspecified atom stereocenters. The highest BCUT2D eigenvalue weighted by atomic mass is 32.1. The van der Waals surface area contributed by atoms with Crippen molar-refractivity contribution in [1.29, 1.82) is 0 Å². The average molecular weight is 703 g/mol. The molecule has 0 N–H and O–H groups in total. The molecule has 2 aliphatic rings. The van der Waals surface area contributed by atoms with E-state index in [1.807, 2.05) is 34.8 Å². The molecule has 0 atom stereocenters. The fraction of sp³-hybridized carbons (Fsp3) is 0. The third kappa shape index (κ3) is 4.07. The first kappa shape index (κ1) is 28.4. The van der Waals surface area contributed by atoms with Crippen molar-refractivity contribution in [1.82, 2.24) is 0 Å². The summed E-state index contributed by atoms with van der Waals surface area (Å²) in [6.07, 6.45) is 0. The number of ether oxygens (including phenoxy) is 2. The average Bonchev–Trinajstić information content (AvgIpc) is 3.74. The summed E-state index contributed by atoms with van der Waals surface area (Å²) in [6, 6.07) is 56.4. The molecule has 8 aromatic carbocycles. The molecule has 0 bridgehead atoms. The Labute approximate surface area is 306 Å². The number of para-hydroxylation sites is 4. The number of fused-ring (bicyclic) bond motifs is 11. The van der Waals surface area contributed by atoms with Gasteiger partial charge in [0.15, 0.2) is 23.0 Å². The van der Waals surface area contributed by atoms with Gasteiger partial charge in [-0.15, -0.1) is 22.7 Å². The van der Waals surface area contributed by atoms with Crippen LogP contribution in [-0.4, -0.2) is 0 Å². The van der Waals surface area contributed by atoms with Gasteiger partial charge < -0.3 is 19.3 Å². The number of hydrogen-bond donors (Lipinski definition) is 0. The second-order valence-electron chi connectivity index (χ2n) is 13.4. The van der Waals surface area contributed by atoms with Gasteiger partial charge in [-0.05, 0) is 95.7 Å². The van der Waals surface area contributed by atoms with Crippen LogP contribution in [0.2, 0.25) is 0 Å². The minimum absolute atomic E-state index is 0.849. The molecule has 0 saturated carbocycles. The van der Waals surface area contributed by atoms with Crippen LogP contribution in [0.5, 0.6) is 23.0 Å². The van der Waals surface area contributed by atoms with Crippen LogP contribution < -0.4 is 19.3 Å². The molecular weight excluding hydrogens is 677 g/mol. The number of nitrogens with zero attached hydrogens (tertiary/aromatic N) is 2. The molecule has 10 aromatic rings. The molecular formula is C46H26N2O2S2. The van der Waals surface area contributed by atoms with E-state index in [0.717, 1.165) is 67.9 Å². The van der Waals surface area contributed by atoms with E-state index in [1.54, 1.807) is 0 Å². The van der Waals surface area contributed by atoms with Crippen LogP contribution in [0, 0.1) is 0 Å². The molecule has 0 saturated heterocycles. The first-order valence-electron chi connectivity index (χ1n) is 17.3. The Kier molecular flexibility index (Phi) is 5.78. The Morgan fingerprint density at radius 2 is 0.769 bits per heavy atom. The Bertz CT molecular complexity index is 2910. The fourth-order valence-corrected chi connectivity index (χ4v) is 10.2. The SMILES string of the molecule is c1ccc2c(c1)Oc1cc3c(cc1N2c1ccc2cc(N4c5ccccc5Oc5cc6c(cc54)sc4ccccc46)ccc2c1)sc1ccccc13. The normalized spacial score (nSPS) is 13.2. The summed E-state index contributed by atoms with van der Waals surface area (Å²) < 4.78 is 18.2. The zero-order chi connectivity index (χ0) is 33.9. The van der Waals surface area contributed by atoms with E-state index >= 15 is 0 Å². The molecule has 0 fully saturated rings. The Hall–Kier alpha value is -6.34. The number of hydrogen-bond acceptors (Lipinski definition) is 6. The lowest BCUT2D eigenvalue weighted by atomic mass is 10.0. The lowest BCUT2D eigenvalue weighted by Crippen LogP contribution is -2.16. The zero-order valence-corrected chi connectivity index (χ0v) is 29.2. The van der Waals surface area contributed by atoms with Gasteiger partial charge in [0.2, 0.25) is 0 Å². The van der Waals surface area contributed by atoms with E-state index in [4.69, 9.17) is 9.47 Å². The maximum atomic E-state index is 6.58. The van der Waals surface area contributed by atoms with Crippen molar-refractivity contribution in [3.8, 4) is 23.0 Å². The first-order valence-corrected chi connectivity index (χ1v) is 19.0. The minimum Gasteiger partial charge on any atom is -0.453 e. The van der Waals surface area contributed by atoms with E-state index in [2.05, 4.69) is 155 Å². The van der Waals surface area contributed by atoms with Crippen LogP contribution in [0.1, 0.15) is 0 Å². The standard InChI is InChI=1S/C46H26N2O2S2/c1-7-15-43-31(9-1)33-23-41-37(25-45(33)51-43)47(35-11-3-5-13-39(35)49-41)29-19-17-28-22-30(20-18-27(28)21-29)48-36-12-4-6-14-40(36)50-42-24-34-32-10-2-8-16-44(32)52-46(34)26-38(42)48/h1-26H. The van der Waals surface area contributed by atoms with Crippen LogP contribution in [0.15, 0.2) is 158 Å². The minimum atomic E-state index is 0.849. The van der Waals surface area contributed by atoms with Crippen molar-refractivity contribution < 1.29 is 9.47 Å². The smallest absolute Gasteiger partial charge is 0.152 e. The molecule has 0 amide bonds. The Morgan fingerprint density at radius 1 is 0.327 bits per heavy atom. The lowest BCUT2D eigenvalue weighted by Gasteiger charge is -2.34. The van der Waals surface area contributed by atoms with Gasteiger partial charge in [0.05, 0.1) is 22.7 Å². The Balaban J connectivity index is 1.00. The van der Waals surface area contributed by atoms with E-state index in [-0.39, 0.29) is 0 Å². The van der Waals surface area contributed by atoms with Crippen LogP contribution in [0.25, 0.3) is 51.1 Å². The number of rotatable bonds is 2. The molecule has 244 valence electrons. The molecule has 2 aromatic heterocycles. The summed E-state index contributed by atoms with van der Waals surface area (Å²) in [5.41, 5.74) is 6.32. The maximum absolute atomic E-state index is 6.58. The van der Waals surface area contributed by atoms with Gasteiger partial charge in [-0.2, -0.15) is 0 Å². The second kappa shape index (κ2) is 10.6. The molecule has 4 heterocycles. The number of thiophene rings is 2.